The SMILES string of the molecule is CCOC(=O)OCn1cn[n+](C[C@](O)(c2ccc(F)cc2F)[C@@H](C)N2CCN(c3ccc(-n4cnnn4)cc3)C2=O)c1.[Cl-]. The second-order valence-electron chi connectivity index (χ2n) is 9.54. The minimum absolute atomic E-state index is 0. The van der Waals surface area contributed by atoms with Gasteiger partial charge in [0, 0.05) is 30.4 Å². The number of carbonyl (C=O) groups excluding carboxylic acids is 2. The van der Waals surface area contributed by atoms with Crippen molar-refractivity contribution in [2.45, 2.75) is 38.8 Å². The minimum atomic E-state index is -2.04. The van der Waals surface area contributed by atoms with Crippen LogP contribution in [0.2, 0.25) is 0 Å². The summed E-state index contributed by atoms with van der Waals surface area (Å²) in [6.45, 7) is 3.38. The molecule has 2 amide bonds. The number of benzene rings is 2. The lowest BCUT2D eigenvalue weighted by Gasteiger charge is -2.38. The summed E-state index contributed by atoms with van der Waals surface area (Å²) < 4.78 is 42.8. The predicted molar refractivity (Wildman–Crippen MR) is 139 cm³/mol. The van der Waals surface area contributed by atoms with Crippen LogP contribution in [-0.4, -0.2) is 77.8 Å². The molecule has 2 aromatic heterocycles. The highest BCUT2D eigenvalue weighted by atomic mass is 35.5. The van der Waals surface area contributed by atoms with Crippen molar-refractivity contribution < 1.29 is 50.0 Å². The van der Waals surface area contributed by atoms with Crippen molar-refractivity contribution in [3.8, 4) is 5.69 Å². The summed E-state index contributed by atoms with van der Waals surface area (Å²) in [6, 6.07) is 8.48. The molecule has 0 unspecified atom stereocenters. The lowest BCUT2D eigenvalue weighted by molar-refractivity contribution is -0.765. The minimum Gasteiger partial charge on any atom is -1.00 e. The van der Waals surface area contributed by atoms with Gasteiger partial charge < -0.3 is 31.9 Å². The molecule has 228 valence electrons. The molecule has 4 aromatic rings. The second kappa shape index (κ2) is 13.1. The van der Waals surface area contributed by atoms with Crippen molar-refractivity contribution in [1.29, 1.82) is 0 Å². The standard InChI is InChI=1S/C26H28F2N9O5.ClH/c1-3-41-25(39)42-17-33-15-30-34(16-33)13-26(40,22-9-4-19(27)12-23(22)28)18(2)35-10-11-36(24(35)38)20-5-7-21(8-6-20)37-14-29-31-32-37;/h4-9,12,14-16,18,40H,3,10-11,13,17H2,1-2H3;1H/q+1;/p-1/t18-,26-;/m1./s1. The molecule has 1 aliphatic rings. The number of urea groups is 1. The molecule has 1 fully saturated rings. The van der Waals surface area contributed by atoms with Crippen molar-refractivity contribution in [3.63, 3.8) is 0 Å². The van der Waals surface area contributed by atoms with Crippen LogP contribution in [0, 0.1) is 11.6 Å². The number of tetrazole rings is 1. The Morgan fingerprint density at radius 2 is 1.86 bits per heavy atom. The van der Waals surface area contributed by atoms with Crippen molar-refractivity contribution in [1.82, 2.24) is 34.8 Å². The largest absolute Gasteiger partial charge is 1.00 e. The third-order valence-electron chi connectivity index (χ3n) is 7.00. The zero-order chi connectivity index (χ0) is 29.9. The molecule has 5 rings (SSSR count). The van der Waals surface area contributed by atoms with Gasteiger partial charge in [-0.05, 0) is 59.7 Å². The Morgan fingerprint density at radius 1 is 1.12 bits per heavy atom. The molecule has 0 saturated carbocycles. The number of ether oxygens (including phenoxy) is 2. The number of hydrogen-bond acceptors (Lipinski definition) is 9. The van der Waals surface area contributed by atoms with E-state index in [-0.39, 0.29) is 44.4 Å². The van der Waals surface area contributed by atoms with Crippen LogP contribution in [0.25, 0.3) is 5.69 Å². The zero-order valence-electron chi connectivity index (χ0n) is 23.1. The van der Waals surface area contributed by atoms with Gasteiger partial charge in [0.15, 0.2) is 5.60 Å². The fraction of sp³-hybridized carbons (Fsp3) is 0.346. The quantitative estimate of drug-likeness (QED) is 0.171. The highest BCUT2D eigenvalue weighted by molar-refractivity contribution is 5.94. The number of rotatable bonds is 10. The number of nitrogens with zero attached hydrogens (tertiary/aromatic N) is 9. The Labute approximate surface area is 250 Å². The van der Waals surface area contributed by atoms with Crippen LogP contribution >= 0.6 is 0 Å². The summed E-state index contributed by atoms with van der Waals surface area (Å²) in [5.41, 5.74) is -0.943. The van der Waals surface area contributed by atoms with Crippen molar-refractivity contribution in [3.05, 3.63) is 78.6 Å². The Bertz CT molecular complexity index is 1560. The van der Waals surface area contributed by atoms with E-state index in [1.807, 2.05) is 0 Å². The molecule has 1 N–H and O–H groups in total. The lowest BCUT2D eigenvalue weighted by atomic mass is 9.85. The van der Waals surface area contributed by atoms with Gasteiger partial charge in [-0.2, -0.15) is 4.57 Å². The van der Waals surface area contributed by atoms with Crippen LogP contribution in [-0.2, 0) is 28.4 Å². The molecule has 0 bridgehead atoms. The maximum absolute atomic E-state index is 15.1. The molecule has 3 heterocycles. The first-order valence-corrected chi connectivity index (χ1v) is 13.0. The molecule has 2 aromatic carbocycles. The van der Waals surface area contributed by atoms with Crippen molar-refractivity contribution in [2.75, 3.05) is 24.6 Å². The molecular formula is C26H28ClF2N9O5. The monoisotopic (exact) mass is 619 g/mol. The fourth-order valence-corrected chi connectivity index (χ4v) is 4.80. The Morgan fingerprint density at radius 3 is 2.53 bits per heavy atom. The Kier molecular flexibility index (Phi) is 9.50. The molecule has 1 aliphatic heterocycles. The number of carbonyl (C=O) groups is 2. The third-order valence-corrected chi connectivity index (χ3v) is 7.00. The van der Waals surface area contributed by atoms with Gasteiger partial charge in [0.2, 0.25) is 13.1 Å². The van der Waals surface area contributed by atoms with Gasteiger partial charge in [-0.3, -0.25) is 4.90 Å². The summed E-state index contributed by atoms with van der Waals surface area (Å²) >= 11 is 0. The number of aromatic nitrogens is 7. The maximum atomic E-state index is 15.1. The maximum Gasteiger partial charge on any atom is 0.511 e. The van der Waals surface area contributed by atoms with Gasteiger partial charge in [-0.25, -0.2) is 23.1 Å². The number of halogens is 3. The smallest absolute Gasteiger partial charge is 0.511 e. The first-order chi connectivity index (χ1) is 20.2. The summed E-state index contributed by atoms with van der Waals surface area (Å²) in [7, 11) is 0. The van der Waals surface area contributed by atoms with E-state index in [1.54, 1.807) is 38.1 Å². The molecule has 17 heteroatoms. The van der Waals surface area contributed by atoms with E-state index in [9.17, 15) is 19.1 Å². The van der Waals surface area contributed by atoms with Gasteiger partial charge in [0.25, 0.3) is 6.33 Å². The van der Waals surface area contributed by atoms with Crippen LogP contribution in [0.4, 0.5) is 24.1 Å². The lowest BCUT2D eigenvalue weighted by Crippen LogP contribution is -3.00. The number of amides is 2. The first-order valence-electron chi connectivity index (χ1n) is 13.0. The first kappa shape index (κ1) is 31.2. The second-order valence-corrected chi connectivity index (χ2v) is 9.54. The van der Waals surface area contributed by atoms with E-state index >= 15 is 4.39 Å². The average molecular weight is 620 g/mol. The molecule has 0 spiro atoms. The number of anilines is 1. The van der Waals surface area contributed by atoms with E-state index in [4.69, 9.17) is 9.47 Å². The molecule has 43 heavy (non-hydrogen) atoms. The van der Waals surface area contributed by atoms with Crippen LogP contribution in [0.1, 0.15) is 19.4 Å². The van der Waals surface area contributed by atoms with E-state index in [1.165, 1.54) is 42.7 Å². The molecule has 0 radical (unpaired) electrons. The predicted octanol–water partition coefficient (Wildman–Crippen LogP) is -1.22. The van der Waals surface area contributed by atoms with Gasteiger partial charge in [-0.15, -0.1) is 9.78 Å². The topological polar surface area (TPSA) is 145 Å². The highest BCUT2D eigenvalue weighted by Crippen LogP contribution is 2.34. The van der Waals surface area contributed by atoms with Gasteiger partial charge >= 0.3 is 12.2 Å². The highest BCUT2D eigenvalue weighted by Gasteiger charge is 2.48. The Balaban J connectivity index is 0.00000423. The van der Waals surface area contributed by atoms with Gasteiger partial charge in [0.1, 0.15) is 24.5 Å². The van der Waals surface area contributed by atoms with E-state index in [0.717, 1.165) is 12.1 Å². The summed E-state index contributed by atoms with van der Waals surface area (Å²) in [5.74, 6) is -1.79. The summed E-state index contributed by atoms with van der Waals surface area (Å²) in [5, 5.41) is 27.3. The molecular weight excluding hydrogens is 592 g/mol. The number of aliphatic hydroxyl groups is 1. The fourth-order valence-electron chi connectivity index (χ4n) is 4.80. The van der Waals surface area contributed by atoms with Gasteiger partial charge in [0.05, 0.1) is 18.3 Å². The van der Waals surface area contributed by atoms with E-state index in [0.29, 0.717) is 24.0 Å². The van der Waals surface area contributed by atoms with Crippen LogP contribution in [0.5, 0.6) is 0 Å². The third kappa shape index (κ3) is 6.54. The van der Waals surface area contributed by atoms with Crippen molar-refractivity contribution in [2.24, 2.45) is 0 Å². The van der Waals surface area contributed by atoms with Crippen molar-refractivity contribution >= 4 is 17.9 Å². The molecule has 1 saturated heterocycles. The van der Waals surface area contributed by atoms with E-state index < -0.39 is 35.5 Å². The summed E-state index contributed by atoms with van der Waals surface area (Å²) in [4.78, 5) is 28.1. The van der Waals surface area contributed by atoms with Crippen LogP contribution in [0.3, 0.4) is 0 Å². The van der Waals surface area contributed by atoms with Gasteiger partial charge in [-0.1, -0.05) is 6.07 Å². The normalized spacial score (nSPS) is 15.1. The Hall–Kier alpha value is -4.70. The summed E-state index contributed by atoms with van der Waals surface area (Å²) in [6.07, 6.45) is 3.36. The molecule has 2 atom stereocenters. The number of hydrogen-bond donors (Lipinski definition) is 1. The molecule has 14 nitrogen and oxygen atoms in total. The zero-order valence-corrected chi connectivity index (χ0v) is 23.9. The molecule has 0 aliphatic carbocycles. The average Bonchev–Trinajstić information content (AvgIpc) is 3.74. The van der Waals surface area contributed by atoms with Crippen LogP contribution in [0.15, 0.2) is 61.4 Å². The van der Waals surface area contributed by atoms with Crippen LogP contribution < -0.4 is 22.0 Å². The van der Waals surface area contributed by atoms with E-state index in [2.05, 4.69) is 20.6 Å².